The second kappa shape index (κ2) is 10.9. The summed E-state index contributed by atoms with van der Waals surface area (Å²) in [6.45, 7) is 2.34. The lowest BCUT2D eigenvalue weighted by molar-refractivity contribution is -0.176. The number of hydrogen-bond acceptors (Lipinski definition) is 7. The van der Waals surface area contributed by atoms with Gasteiger partial charge in [0.2, 0.25) is 11.8 Å². The highest BCUT2D eigenvalue weighted by Gasteiger charge is 2.42. The number of nitrogens with one attached hydrogen (secondary N) is 1. The highest BCUT2D eigenvalue weighted by Crippen LogP contribution is 2.29. The number of unbranched alkanes of at least 4 members (excludes halogenated alkanes) is 1. The van der Waals surface area contributed by atoms with E-state index in [0.717, 1.165) is 28.6 Å². The Morgan fingerprint density at radius 1 is 1.32 bits per heavy atom. The number of aryl methyl sites for hydroxylation is 1. The van der Waals surface area contributed by atoms with Crippen molar-refractivity contribution >= 4 is 28.6 Å². The third-order valence-electron chi connectivity index (χ3n) is 6.44. The zero-order chi connectivity index (χ0) is 25.0. The summed E-state index contributed by atoms with van der Waals surface area (Å²) in [4.78, 5) is 42.5. The Morgan fingerprint density at radius 2 is 2.06 bits per heavy atom. The number of fused-ring (bicyclic) bond motifs is 1. The first-order chi connectivity index (χ1) is 16.2. The topological polar surface area (TPSA) is 181 Å². The molecule has 1 aromatic heterocycles. The summed E-state index contributed by atoms with van der Waals surface area (Å²) in [7, 11) is 1.57. The number of likely N-dealkylation sites (tertiary alicyclic amines) is 1. The van der Waals surface area contributed by atoms with E-state index < -0.39 is 29.9 Å². The highest BCUT2D eigenvalue weighted by molar-refractivity contribution is 5.93. The van der Waals surface area contributed by atoms with Crippen molar-refractivity contribution in [2.24, 2.45) is 17.2 Å². The van der Waals surface area contributed by atoms with Crippen LogP contribution in [0.25, 0.3) is 10.9 Å². The van der Waals surface area contributed by atoms with E-state index in [1.54, 1.807) is 7.11 Å². The van der Waals surface area contributed by atoms with Crippen LogP contribution in [0.1, 0.15) is 36.9 Å². The van der Waals surface area contributed by atoms with Crippen LogP contribution in [-0.4, -0.2) is 76.2 Å². The van der Waals surface area contributed by atoms with Crippen LogP contribution in [0.15, 0.2) is 18.2 Å². The molecule has 1 aliphatic heterocycles. The Kier molecular flexibility index (Phi) is 8.13. The molecule has 0 spiro atoms. The van der Waals surface area contributed by atoms with Crippen molar-refractivity contribution in [2.75, 3.05) is 20.2 Å². The number of carbonyl (C=O) groups excluding carboxylic acids is 3. The van der Waals surface area contributed by atoms with Crippen LogP contribution in [0.4, 0.5) is 0 Å². The summed E-state index contributed by atoms with van der Waals surface area (Å²) >= 11 is 0. The van der Waals surface area contributed by atoms with Gasteiger partial charge < -0.3 is 31.8 Å². The van der Waals surface area contributed by atoms with Crippen LogP contribution in [0.5, 0.6) is 5.75 Å². The maximum Gasteiger partial charge on any atom is 0.263 e. The van der Waals surface area contributed by atoms with Crippen LogP contribution in [0, 0.1) is 6.92 Å². The number of rotatable bonds is 10. The van der Waals surface area contributed by atoms with Gasteiger partial charge in [0.25, 0.3) is 5.91 Å². The Labute approximate surface area is 198 Å². The summed E-state index contributed by atoms with van der Waals surface area (Å²) < 4.78 is 5.30. The maximum absolute atomic E-state index is 13.3. The minimum absolute atomic E-state index is 0.0189. The number of carbonyl (C=O) groups is 3. The first-order valence-electron chi connectivity index (χ1n) is 11.4. The second-order valence-electron chi connectivity index (χ2n) is 8.74. The molecule has 3 rings (SSSR count). The number of aromatic amines is 1. The second-order valence-corrected chi connectivity index (χ2v) is 8.74. The number of hydrogen-bond donors (Lipinski definition) is 5. The Hall–Kier alpha value is -3.15. The van der Waals surface area contributed by atoms with Crippen molar-refractivity contribution in [1.82, 2.24) is 14.9 Å². The van der Waals surface area contributed by atoms with E-state index in [4.69, 9.17) is 21.9 Å². The van der Waals surface area contributed by atoms with Gasteiger partial charge in [0.1, 0.15) is 11.8 Å². The molecule has 1 saturated heterocycles. The number of H-pyrrole nitrogens is 1. The average molecular weight is 475 g/mol. The molecule has 0 radical (unpaired) electrons. The predicted octanol–water partition coefficient (Wildman–Crippen LogP) is 0.156. The molecule has 3 amide bonds. The monoisotopic (exact) mass is 474 g/mol. The van der Waals surface area contributed by atoms with Gasteiger partial charge in [-0.2, -0.15) is 0 Å². The number of methoxy groups -OCH3 is 1. The van der Waals surface area contributed by atoms with Crippen LogP contribution in [-0.2, 0) is 20.8 Å². The molecule has 2 heterocycles. The van der Waals surface area contributed by atoms with Crippen molar-refractivity contribution in [3.63, 3.8) is 0 Å². The number of primary amides is 1. The van der Waals surface area contributed by atoms with Gasteiger partial charge in [-0.25, -0.2) is 5.06 Å². The minimum atomic E-state index is -0.937. The van der Waals surface area contributed by atoms with E-state index in [9.17, 15) is 19.6 Å². The number of nitrogens with zero attached hydrogens (tertiary/aromatic N) is 2. The van der Waals surface area contributed by atoms with Crippen LogP contribution in [0.3, 0.4) is 0 Å². The van der Waals surface area contributed by atoms with Gasteiger partial charge >= 0.3 is 0 Å². The van der Waals surface area contributed by atoms with Gasteiger partial charge in [0.15, 0.2) is 0 Å². The molecule has 0 aliphatic carbocycles. The summed E-state index contributed by atoms with van der Waals surface area (Å²) in [6, 6.07) is 2.94. The largest absolute Gasteiger partial charge is 0.497 e. The maximum atomic E-state index is 13.3. The van der Waals surface area contributed by atoms with Gasteiger partial charge in [0.05, 0.1) is 25.6 Å². The number of ether oxygens (including phenoxy) is 1. The summed E-state index contributed by atoms with van der Waals surface area (Å²) in [5.41, 5.74) is 19.4. The molecular formula is C23H34N6O5. The molecule has 34 heavy (non-hydrogen) atoms. The number of amides is 3. The normalized spacial score (nSPS) is 18.8. The van der Waals surface area contributed by atoms with Gasteiger partial charge in [-0.3, -0.25) is 19.6 Å². The summed E-state index contributed by atoms with van der Waals surface area (Å²) in [6.07, 6.45) is 1.82. The van der Waals surface area contributed by atoms with Crippen LogP contribution in [0.2, 0.25) is 0 Å². The molecule has 11 heteroatoms. The lowest BCUT2D eigenvalue weighted by Gasteiger charge is -2.25. The Morgan fingerprint density at radius 3 is 2.71 bits per heavy atom. The molecule has 1 aromatic carbocycles. The summed E-state index contributed by atoms with van der Waals surface area (Å²) in [5.74, 6) is -1.01. The molecule has 0 saturated carbocycles. The third kappa shape index (κ3) is 5.32. The zero-order valence-electron chi connectivity index (χ0n) is 19.6. The first-order valence-corrected chi connectivity index (χ1v) is 11.4. The molecule has 0 bridgehead atoms. The molecule has 11 nitrogen and oxygen atoms in total. The molecule has 3 atom stereocenters. The standard InChI is InChI=1S/C23H34N6O5/c1-13-16(17-10-15(34-2)6-7-19(17)27-13)11-21(30)28-12-14(9-20(28)22(26)31)29(33)23(32)18(25)5-3-4-8-24/h6-7,10,14,18,20,27,33H,3-5,8-9,11-12,24-25H2,1-2H3,(H2,26,31)/t14-,18-,20-/m0/s1. The van der Waals surface area contributed by atoms with Crippen molar-refractivity contribution < 1.29 is 24.3 Å². The number of nitrogens with two attached hydrogens (primary N) is 3. The van der Waals surface area contributed by atoms with E-state index in [1.165, 1.54) is 4.90 Å². The van der Waals surface area contributed by atoms with E-state index in [0.29, 0.717) is 30.2 Å². The quantitative estimate of drug-likeness (QED) is 0.185. The lowest BCUT2D eigenvalue weighted by atomic mass is 10.1. The Bertz CT molecular complexity index is 1050. The molecular weight excluding hydrogens is 440 g/mol. The SMILES string of the molecule is COc1ccc2[nH]c(C)c(CC(=O)N3C[C@@H](N(O)C(=O)[C@@H](N)CCCCN)C[C@H]3C(N)=O)c2c1. The van der Waals surface area contributed by atoms with E-state index in [2.05, 4.69) is 4.98 Å². The summed E-state index contributed by atoms with van der Waals surface area (Å²) in [5, 5.41) is 11.9. The molecule has 8 N–H and O–H groups in total. The Balaban J connectivity index is 1.75. The first kappa shape index (κ1) is 25.5. The van der Waals surface area contributed by atoms with Crippen molar-refractivity contribution in [3.05, 3.63) is 29.5 Å². The highest BCUT2D eigenvalue weighted by atomic mass is 16.5. The van der Waals surface area contributed by atoms with E-state index in [1.807, 2.05) is 25.1 Å². The lowest BCUT2D eigenvalue weighted by Crippen LogP contribution is -2.48. The van der Waals surface area contributed by atoms with E-state index in [-0.39, 0.29) is 25.3 Å². The molecule has 1 aliphatic rings. The van der Waals surface area contributed by atoms with Crippen molar-refractivity contribution in [2.45, 2.75) is 57.2 Å². The van der Waals surface area contributed by atoms with Crippen molar-refractivity contribution in [3.8, 4) is 5.75 Å². The van der Waals surface area contributed by atoms with Gasteiger partial charge in [-0.1, -0.05) is 6.42 Å². The number of hydroxylamine groups is 2. The van der Waals surface area contributed by atoms with Gasteiger partial charge in [-0.05, 0) is 50.1 Å². The fourth-order valence-electron chi connectivity index (χ4n) is 4.49. The fraction of sp³-hybridized carbons (Fsp3) is 0.522. The molecule has 0 unspecified atom stereocenters. The fourth-order valence-corrected chi connectivity index (χ4v) is 4.49. The van der Waals surface area contributed by atoms with E-state index >= 15 is 0 Å². The van der Waals surface area contributed by atoms with Gasteiger partial charge in [-0.15, -0.1) is 0 Å². The molecule has 2 aromatic rings. The van der Waals surface area contributed by atoms with Crippen molar-refractivity contribution in [1.29, 1.82) is 0 Å². The average Bonchev–Trinajstić information content (AvgIpc) is 3.39. The number of aromatic nitrogens is 1. The predicted molar refractivity (Wildman–Crippen MR) is 126 cm³/mol. The zero-order valence-corrected chi connectivity index (χ0v) is 19.6. The smallest absolute Gasteiger partial charge is 0.263 e. The third-order valence-corrected chi connectivity index (χ3v) is 6.44. The molecule has 1 fully saturated rings. The number of benzene rings is 1. The van der Waals surface area contributed by atoms with Crippen LogP contribution >= 0.6 is 0 Å². The molecule has 186 valence electrons. The minimum Gasteiger partial charge on any atom is -0.497 e. The van der Waals surface area contributed by atoms with Crippen LogP contribution < -0.4 is 21.9 Å². The van der Waals surface area contributed by atoms with Gasteiger partial charge in [0, 0.05) is 29.6 Å².